The molecule has 0 bridgehead atoms. The van der Waals surface area contributed by atoms with Gasteiger partial charge in [-0.05, 0) is 59.1 Å². The van der Waals surface area contributed by atoms with E-state index in [1.807, 2.05) is 24.3 Å². The van der Waals surface area contributed by atoms with Crippen LogP contribution in [0.15, 0.2) is 84.0 Å². The minimum Gasteiger partial charge on any atom is -0.508 e. The number of aromatic hydroxyl groups is 2. The molecule has 0 fully saturated rings. The molecule has 0 spiro atoms. The van der Waals surface area contributed by atoms with Crippen molar-refractivity contribution in [2.24, 2.45) is 10.8 Å². The number of rotatable bonds is 2. The number of phenolic OH excluding ortho intramolecular Hbond substituents is 2. The number of benzene rings is 2. The molecular weight excluding hydrogens is 532 g/mol. The van der Waals surface area contributed by atoms with Crippen LogP contribution in [0.4, 0.5) is 0 Å². The number of aryl methyl sites for hydroxylation is 2. The Balaban J connectivity index is 0.000000463. The van der Waals surface area contributed by atoms with Gasteiger partial charge in [0.15, 0.2) is 0 Å². The largest absolute Gasteiger partial charge is 2.00 e. The Morgan fingerprint density at radius 2 is 0.892 bits per heavy atom. The van der Waals surface area contributed by atoms with Crippen molar-refractivity contribution in [2.45, 2.75) is 81.1 Å². The second kappa shape index (κ2) is 17.4. The van der Waals surface area contributed by atoms with Crippen LogP contribution >= 0.6 is 0 Å². The van der Waals surface area contributed by atoms with Crippen molar-refractivity contribution in [1.82, 2.24) is 0 Å². The van der Waals surface area contributed by atoms with Crippen LogP contribution in [-0.2, 0) is 39.0 Å². The monoisotopic (exact) mass is 576 g/mol. The van der Waals surface area contributed by atoms with Gasteiger partial charge in [0, 0.05) is 0 Å². The molecule has 0 saturated heterocycles. The van der Waals surface area contributed by atoms with Crippen LogP contribution in [0.1, 0.15) is 79.4 Å². The predicted molar refractivity (Wildman–Crippen MR) is 155 cm³/mol. The third-order valence-electron chi connectivity index (χ3n) is 5.69. The van der Waals surface area contributed by atoms with E-state index in [9.17, 15) is 0 Å². The molecule has 2 aromatic rings. The molecule has 0 saturated carbocycles. The van der Waals surface area contributed by atoms with Gasteiger partial charge in [-0.15, -0.1) is 12.8 Å². The van der Waals surface area contributed by atoms with Crippen LogP contribution < -0.4 is 0 Å². The first-order valence-corrected chi connectivity index (χ1v) is 13.0. The minimum atomic E-state index is 0. The third kappa shape index (κ3) is 15.0. The van der Waals surface area contributed by atoms with Gasteiger partial charge in [0.25, 0.3) is 0 Å². The molecule has 0 amide bonds. The number of allylic oxidation sites excluding steroid dienone is 8. The molecule has 198 valence electrons. The van der Waals surface area contributed by atoms with Gasteiger partial charge in [0.1, 0.15) is 11.5 Å². The molecule has 0 heterocycles. The van der Waals surface area contributed by atoms with Crippen molar-refractivity contribution < 1.29 is 36.4 Å². The van der Waals surface area contributed by atoms with Crippen molar-refractivity contribution in [2.75, 3.05) is 0 Å². The fourth-order valence-electron chi connectivity index (χ4n) is 3.30. The zero-order chi connectivity index (χ0) is 27.2. The number of phenols is 2. The van der Waals surface area contributed by atoms with Gasteiger partial charge in [-0.25, -0.2) is 23.3 Å². The summed E-state index contributed by atoms with van der Waals surface area (Å²) in [5.74, 6) is 0.680. The van der Waals surface area contributed by atoms with E-state index in [4.69, 9.17) is 10.2 Å². The first-order valence-electron chi connectivity index (χ1n) is 13.0. The Bertz CT molecular complexity index is 924. The van der Waals surface area contributed by atoms with Gasteiger partial charge < -0.3 is 10.2 Å². The van der Waals surface area contributed by atoms with Crippen LogP contribution in [0.2, 0.25) is 0 Å². The summed E-state index contributed by atoms with van der Waals surface area (Å²) >= 11 is 0. The molecule has 2 nitrogen and oxygen atoms in total. The second-order valence-corrected chi connectivity index (χ2v) is 10.9. The van der Waals surface area contributed by atoms with E-state index in [0.717, 1.165) is 25.7 Å². The summed E-state index contributed by atoms with van der Waals surface area (Å²) in [6.45, 7) is 17.5. The standard InChI is InChI=1S/2C9H13.2C8H10O.Zr/c2*1-9(2,3)8-6-4-5-7-8;2*1-2-7-3-5-8(9)6-4-7;/h2*4,6H,5H2,1-3H3;2*3-6,9H,2H2,1H3;/q2*-1;;;+2. The Morgan fingerprint density at radius 1 is 0.595 bits per heavy atom. The van der Waals surface area contributed by atoms with E-state index in [1.54, 1.807) is 24.3 Å². The molecule has 2 aromatic carbocycles. The normalized spacial score (nSPS) is 13.5. The zero-order valence-electron chi connectivity index (χ0n) is 24.2. The van der Waals surface area contributed by atoms with E-state index in [1.165, 1.54) is 22.3 Å². The zero-order valence-corrected chi connectivity index (χ0v) is 26.6. The fraction of sp³-hybridized carbons (Fsp3) is 0.412. The Hall–Kier alpha value is -2.12. The van der Waals surface area contributed by atoms with Crippen LogP contribution in [0.5, 0.6) is 11.5 Å². The van der Waals surface area contributed by atoms with Crippen molar-refractivity contribution in [3.63, 3.8) is 0 Å². The average molecular weight is 578 g/mol. The van der Waals surface area contributed by atoms with E-state index in [-0.39, 0.29) is 26.2 Å². The topological polar surface area (TPSA) is 40.5 Å². The van der Waals surface area contributed by atoms with E-state index in [0.29, 0.717) is 22.3 Å². The van der Waals surface area contributed by atoms with Crippen molar-refractivity contribution in [3.05, 3.63) is 107 Å². The number of hydrogen-bond donors (Lipinski definition) is 2. The maximum absolute atomic E-state index is 8.85. The molecule has 0 atom stereocenters. The van der Waals surface area contributed by atoms with Crippen molar-refractivity contribution in [1.29, 1.82) is 0 Å². The molecule has 3 heteroatoms. The Kier molecular flexibility index (Phi) is 16.4. The molecule has 2 aliphatic rings. The van der Waals surface area contributed by atoms with Crippen molar-refractivity contribution in [3.8, 4) is 11.5 Å². The van der Waals surface area contributed by atoms with Crippen LogP contribution in [0.25, 0.3) is 0 Å². The van der Waals surface area contributed by atoms with E-state index >= 15 is 0 Å². The summed E-state index contributed by atoms with van der Waals surface area (Å²) in [6, 6.07) is 14.5. The van der Waals surface area contributed by atoms with Crippen molar-refractivity contribution >= 4 is 0 Å². The minimum absolute atomic E-state index is 0. The Morgan fingerprint density at radius 3 is 1.05 bits per heavy atom. The summed E-state index contributed by atoms with van der Waals surface area (Å²) in [4.78, 5) is 0. The van der Waals surface area contributed by atoms with Crippen LogP contribution in [0.3, 0.4) is 0 Å². The molecule has 4 rings (SSSR count). The quantitative estimate of drug-likeness (QED) is 0.349. The number of hydrogen-bond acceptors (Lipinski definition) is 2. The predicted octanol–water partition coefficient (Wildman–Crippen LogP) is 9.35. The summed E-state index contributed by atoms with van der Waals surface area (Å²) in [7, 11) is 0. The van der Waals surface area contributed by atoms with Gasteiger partial charge in [-0.3, -0.25) is 12.2 Å². The van der Waals surface area contributed by atoms with Crippen LogP contribution in [-0.4, -0.2) is 10.2 Å². The third-order valence-corrected chi connectivity index (χ3v) is 5.69. The maximum Gasteiger partial charge on any atom is 2.00 e. The Labute approximate surface area is 246 Å². The molecule has 0 aliphatic heterocycles. The molecule has 0 unspecified atom stereocenters. The molecular formula is C34H46O2Zr. The smallest absolute Gasteiger partial charge is 0.508 e. The summed E-state index contributed by atoms with van der Waals surface area (Å²) in [6.07, 6.45) is 19.3. The molecule has 2 aliphatic carbocycles. The van der Waals surface area contributed by atoms with Gasteiger partial charge in [0.2, 0.25) is 0 Å². The summed E-state index contributed by atoms with van der Waals surface area (Å²) < 4.78 is 0. The van der Waals surface area contributed by atoms with Gasteiger partial charge in [-0.2, -0.15) is 12.2 Å². The maximum atomic E-state index is 8.85. The molecule has 2 N–H and O–H groups in total. The van der Waals surface area contributed by atoms with Crippen LogP contribution in [0, 0.1) is 23.0 Å². The SMILES string of the molecule is CC(C)(C)C1=[C-]CC=C1.CC(C)(C)C1=[C-]CC=C1.CCc1ccc(O)cc1.CCc1ccc(O)cc1.[Zr+2]. The first kappa shape index (κ1) is 34.9. The van der Waals surface area contributed by atoms with E-state index in [2.05, 4.69) is 91.8 Å². The molecule has 0 aromatic heterocycles. The summed E-state index contributed by atoms with van der Waals surface area (Å²) in [5, 5.41) is 17.7. The second-order valence-electron chi connectivity index (χ2n) is 10.9. The molecule has 37 heavy (non-hydrogen) atoms. The average Bonchev–Trinajstić information content (AvgIpc) is 3.56. The van der Waals surface area contributed by atoms with Gasteiger partial charge >= 0.3 is 26.2 Å². The van der Waals surface area contributed by atoms with Gasteiger partial charge in [-0.1, -0.05) is 79.7 Å². The van der Waals surface area contributed by atoms with E-state index < -0.39 is 0 Å². The summed E-state index contributed by atoms with van der Waals surface area (Å²) in [5.41, 5.74) is 5.81. The fourth-order valence-corrected chi connectivity index (χ4v) is 3.30. The van der Waals surface area contributed by atoms with Gasteiger partial charge in [0.05, 0.1) is 0 Å². The first-order chi connectivity index (χ1) is 16.9. The molecule has 0 radical (unpaired) electrons.